The SMILES string of the molecule is COc1ccc(C(F)(F)F)cc1OCCC1CCCN1. The lowest BCUT2D eigenvalue weighted by Gasteiger charge is -2.15. The van der Waals surface area contributed by atoms with Crippen molar-refractivity contribution in [2.24, 2.45) is 0 Å². The lowest BCUT2D eigenvalue weighted by atomic mass is 10.1. The summed E-state index contributed by atoms with van der Waals surface area (Å²) in [5, 5.41) is 3.32. The Kier molecular flexibility index (Phi) is 4.75. The first-order chi connectivity index (χ1) is 9.50. The van der Waals surface area contributed by atoms with Gasteiger partial charge in [-0.05, 0) is 44.0 Å². The zero-order chi connectivity index (χ0) is 14.6. The van der Waals surface area contributed by atoms with Crippen LogP contribution in [0.25, 0.3) is 0 Å². The Hall–Kier alpha value is -1.43. The van der Waals surface area contributed by atoms with Crippen molar-refractivity contribution in [3.05, 3.63) is 23.8 Å². The van der Waals surface area contributed by atoms with Gasteiger partial charge in [-0.3, -0.25) is 0 Å². The molecule has 0 aliphatic carbocycles. The van der Waals surface area contributed by atoms with Crippen LogP contribution in [0.4, 0.5) is 13.2 Å². The third-order valence-electron chi connectivity index (χ3n) is 3.38. The molecule has 6 heteroatoms. The minimum Gasteiger partial charge on any atom is -0.493 e. The van der Waals surface area contributed by atoms with Gasteiger partial charge in [0.1, 0.15) is 0 Å². The second-order valence-corrected chi connectivity index (χ2v) is 4.79. The molecule has 3 nitrogen and oxygen atoms in total. The van der Waals surface area contributed by atoms with E-state index in [4.69, 9.17) is 9.47 Å². The Morgan fingerprint density at radius 1 is 1.30 bits per heavy atom. The van der Waals surface area contributed by atoms with E-state index in [0.717, 1.165) is 37.9 Å². The first kappa shape index (κ1) is 15.0. The van der Waals surface area contributed by atoms with Crippen LogP contribution >= 0.6 is 0 Å². The van der Waals surface area contributed by atoms with Crippen LogP contribution in [0, 0.1) is 0 Å². The fourth-order valence-electron chi connectivity index (χ4n) is 2.28. The Morgan fingerprint density at radius 3 is 2.70 bits per heavy atom. The molecule has 20 heavy (non-hydrogen) atoms. The van der Waals surface area contributed by atoms with Crippen LogP contribution in [0.3, 0.4) is 0 Å². The fraction of sp³-hybridized carbons (Fsp3) is 0.571. The van der Waals surface area contributed by atoms with Gasteiger partial charge in [-0.15, -0.1) is 0 Å². The Balaban J connectivity index is 2.00. The van der Waals surface area contributed by atoms with Crippen LogP contribution < -0.4 is 14.8 Å². The van der Waals surface area contributed by atoms with Crippen molar-refractivity contribution in [3.63, 3.8) is 0 Å². The van der Waals surface area contributed by atoms with Crippen molar-refractivity contribution in [1.29, 1.82) is 0 Å². The smallest absolute Gasteiger partial charge is 0.416 e. The van der Waals surface area contributed by atoms with E-state index in [1.165, 1.54) is 13.2 Å². The summed E-state index contributed by atoms with van der Waals surface area (Å²) in [7, 11) is 1.41. The maximum Gasteiger partial charge on any atom is 0.416 e. The maximum absolute atomic E-state index is 12.7. The lowest BCUT2D eigenvalue weighted by molar-refractivity contribution is -0.137. The number of methoxy groups -OCH3 is 1. The summed E-state index contributed by atoms with van der Waals surface area (Å²) in [6, 6.07) is 3.66. The molecule has 0 amide bonds. The summed E-state index contributed by atoms with van der Waals surface area (Å²) in [5.41, 5.74) is -0.729. The molecule has 1 saturated heterocycles. The molecule has 1 aliphatic heterocycles. The molecule has 1 N–H and O–H groups in total. The summed E-state index contributed by atoms with van der Waals surface area (Å²) >= 11 is 0. The molecule has 0 aromatic heterocycles. The van der Waals surface area contributed by atoms with Crippen LogP contribution in [0.5, 0.6) is 11.5 Å². The third kappa shape index (κ3) is 3.79. The van der Waals surface area contributed by atoms with Crippen LogP contribution in [-0.2, 0) is 6.18 Å². The highest BCUT2D eigenvalue weighted by Gasteiger charge is 2.31. The molecule has 0 bridgehead atoms. The number of hydrogen-bond acceptors (Lipinski definition) is 3. The number of ether oxygens (including phenoxy) is 2. The van der Waals surface area contributed by atoms with Crippen molar-refractivity contribution < 1.29 is 22.6 Å². The summed E-state index contributed by atoms with van der Waals surface area (Å²) in [6.07, 6.45) is -1.38. The number of alkyl halides is 3. The third-order valence-corrected chi connectivity index (χ3v) is 3.38. The van der Waals surface area contributed by atoms with Crippen molar-refractivity contribution in [1.82, 2.24) is 5.32 Å². The molecule has 0 radical (unpaired) electrons. The van der Waals surface area contributed by atoms with Gasteiger partial charge in [-0.1, -0.05) is 0 Å². The number of benzene rings is 1. The van der Waals surface area contributed by atoms with Gasteiger partial charge >= 0.3 is 6.18 Å². The average Bonchev–Trinajstić information content (AvgIpc) is 2.90. The van der Waals surface area contributed by atoms with Gasteiger partial charge in [-0.2, -0.15) is 13.2 Å². The van der Waals surface area contributed by atoms with Gasteiger partial charge in [-0.25, -0.2) is 0 Å². The van der Waals surface area contributed by atoms with Gasteiger partial charge in [0.2, 0.25) is 0 Å². The monoisotopic (exact) mass is 289 g/mol. The normalized spacial score (nSPS) is 19.1. The van der Waals surface area contributed by atoms with Crippen molar-refractivity contribution in [2.45, 2.75) is 31.5 Å². The van der Waals surface area contributed by atoms with Crippen LogP contribution in [0.1, 0.15) is 24.8 Å². The number of hydrogen-bond donors (Lipinski definition) is 1. The molecule has 1 heterocycles. The maximum atomic E-state index is 12.7. The molecule has 0 spiro atoms. The van der Waals surface area contributed by atoms with E-state index in [0.29, 0.717) is 18.4 Å². The first-order valence-electron chi connectivity index (χ1n) is 6.62. The molecule has 1 unspecified atom stereocenters. The second kappa shape index (κ2) is 6.35. The predicted molar refractivity (Wildman–Crippen MR) is 69.1 cm³/mol. The fourth-order valence-corrected chi connectivity index (χ4v) is 2.28. The van der Waals surface area contributed by atoms with E-state index in [1.807, 2.05) is 0 Å². The Bertz CT molecular complexity index is 443. The van der Waals surface area contributed by atoms with E-state index in [9.17, 15) is 13.2 Å². The number of rotatable bonds is 5. The lowest BCUT2D eigenvalue weighted by Crippen LogP contribution is -2.23. The minimum absolute atomic E-state index is 0.139. The summed E-state index contributed by atoms with van der Waals surface area (Å²) in [5.74, 6) is 0.456. The Labute approximate surface area is 116 Å². The van der Waals surface area contributed by atoms with Gasteiger partial charge < -0.3 is 14.8 Å². The zero-order valence-electron chi connectivity index (χ0n) is 11.3. The first-order valence-corrected chi connectivity index (χ1v) is 6.62. The summed E-state index contributed by atoms with van der Waals surface area (Å²) < 4.78 is 48.5. The number of nitrogens with one attached hydrogen (secondary N) is 1. The molecule has 1 aromatic rings. The highest BCUT2D eigenvalue weighted by molar-refractivity contribution is 5.43. The second-order valence-electron chi connectivity index (χ2n) is 4.79. The molecule has 2 rings (SSSR count). The Morgan fingerprint density at radius 2 is 2.10 bits per heavy atom. The zero-order valence-corrected chi connectivity index (χ0v) is 11.3. The van der Waals surface area contributed by atoms with Crippen LogP contribution in [0.2, 0.25) is 0 Å². The topological polar surface area (TPSA) is 30.5 Å². The van der Waals surface area contributed by atoms with Crippen LogP contribution in [-0.4, -0.2) is 26.3 Å². The standard InChI is InChI=1S/C14H18F3NO2/c1-19-12-5-4-10(14(15,16)17)9-13(12)20-8-6-11-3-2-7-18-11/h4-5,9,11,18H,2-3,6-8H2,1H3. The molecular formula is C14H18F3NO2. The molecule has 112 valence electrons. The number of halogens is 3. The van der Waals surface area contributed by atoms with Gasteiger partial charge in [0.25, 0.3) is 0 Å². The largest absolute Gasteiger partial charge is 0.493 e. The van der Waals surface area contributed by atoms with E-state index < -0.39 is 11.7 Å². The quantitative estimate of drug-likeness (QED) is 0.902. The molecule has 1 aromatic carbocycles. The van der Waals surface area contributed by atoms with E-state index in [1.54, 1.807) is 0 Å². The van der Waals surface area contributed by atoms with E-state index in [2.05, 4.69) is 5.32 Å². The predicted octanol–water partition coefficient (Wildman–Crippen LogP) is 3.23. The minimum atomic E-state index is -4.38. The molecule has 0 saturated carbocycles. The molecular weight excluding hydrogens is 271 g/mol. The molecule has 1 aliphatic rings. The summed E-state index contributed by atoms with van der Waals surface area (Å²) in [4.78, 5) is 0. The van der Waals surface area contributed by atoms with Crippen molar-refractivity contribution in [2.75, 3.05) is 20.3 Å². The van der Waals surface area contributed by atoms with Gasteiger partial charge in [0, 0.05) is 6.04 Å². The molecule has 1 atom stereocenters. The molecule has 1 fully saturated rings. The van der Waals surface area contributed by atoms with Crippen LogP contribution in [0.15, 0.2) is 18.2 Å². The van der Waals surface area contributed by atoms with Crippen molar-refractivity contribution >= 4 is 0 Å². The average molecular weight is 289 g/mol. The van der Waals surface area contributed by atoms with E-state index >= 15 is 0 Å². The highest BCUT2D eigenvalue weighted by Crippen LogP contribution is 2.36. The van der Waals surface area contributed by atoms with Crippen molar-refractivity contribution in [3.8, 4) is 11.5 Å². The van der Waals surface area contributed by atoms with Gasteiger partial charge in [0.15, 0.2) is 11.5 Å². The van der Waals surface area contributed by atoms with Gasteiger partial charge in [0.05, 0.1) is 19.3 Å². The summed E-state index contributed by atoms with van der Waals surface area (Å²) in [6.45, 7) is 1.37. The highest BCUT2D eigenvalue weighted by atomic mass is 19.4. The van der Waals surface area contributed by atoms with E-state index in [-0.39, 0.29) is 5.75 Å².